The molecule has 0 amide bonds. The molecule has 3 aliphatic carbocycles. The number of aliphatic hydroxyl groups excluding tert-OH is 1. The molecule has 0 aromatic carbocycles. The molecule has 6 atom stereocenters. The second kappa shape index (κ2) is 4.85. The lowest BCUT2D eigenvalue weighted by Gasteiger charge is -2.66. The van der Waals surface area contributed by atoms with Gasteiger partial charge in [-0.3, -0.25) is 0 Å². The van der Waals surface area contributed by atoms with Gasteiger partial charge in [0.05, 0.1) is 11.2 Å². The zero-order valence-electron chi connectivity index (χ0n) is 14.9. The quantitative estimate of drug-likeness (QED) is 0.571. The van der Waals surface area contributed by atoms with Gasteiger partial charge >= 0.3 is 5.97 Å². The van der Waals surface area contributed by atoms with Crippen LogP contribution in [0.3, 0.4) is 0 Å². The molecule has 4 heteroatoms. The molecule has 1 aliphatic heterocycles. The van der Waals surface area contributed by atoms with Crippen molar-refractivity contribution in [2.45, 2.75) is 76.4 Å². The number of carbonyl (C=O) groups excluding carboxylic acids is 1. The molecule has 4 rings (SSSR count). The van der Waals surface area contributed by atoms with Gasteiger partial charge in [-0.15, -0.1) is 0 Å². The summed E-state index contributed by atoms with van der Waals surface area (Å²) >= 11 is 0. The van der Waals surface area contributed by atoms with E-state index in [1.807, 2.05) is 0 Å². The first-order valence-corrected chi connectivity index (χ1v) is 9.45. The SMILES string of the molecule is C=C1C(=O)O[C@@]23CC[C@@H]4[C@](C)(CO)CCC[C@@]4(C)[C@@H]2CC[C@@]1(O)C3. The van der Waals surface area contributed by atoms with Crippen LogP contribution < -0.4 is 0 Å². The van der Waals surface area contributed by atoms with Crippen molar-refractivity contribution in [2.24, 2.45) is 22.7 Å². The molecule has 1 spiro atoms. The van der Waals surface area contributed by atoms with Crippen LogP contribution in [0, 0.1) is 22.7 Å². The van der Waals surface area contributed by atoms with Crippen LogP contribution >= 0.6 is 0 Å². The van der Waals surface area contributed by atoms with Crippen molar-refractivity contribution in [1.29, 1.82) is 0 Å². The van der Waals surface area contributed by atoms with Gasteiger partial charge in [0.2, 0.25) is 0 Å². The summed E-state index contributed by atoms with van der Waals surface area (Å²) in [7, 11) is 0. The standard InChI is InChI=1S/C20H30O4/c1-13-16(22)24-20-10-6-14-17(2,12-21)7-4-8-18(14,3)15(20)5-9-19(13,23)11-20/h14-15,21,23H,1,4-12H2,2-3H3/t14-,15+,17+,18-,19-,20-/m1/s1. The van der Waals surface area contributed by atoms with E-state index in [-0.39, 0.29) is 28.9 Å². The fraction of sp³-hybridized carbons (Fsp3) is 0.850. The molecule has 4 nitrogen and oxygen atoms in total. The average Bonchev–Trinajstić information content (AvgIpc) is 2.52. The van der Waals surface area contributed by atoms with Crippen LogP contribution in [-0.4, -0.2) is 34.0 Å². The number of esters is 1. The average molecular weight is 334 g/mol. The largest absolute Gasteiger partial charge is 0.455 e. The highest BCUT2D eigenvalue weighted by molar-refractivity contribution is 5.91. The lowest BCUT2D eigenvalue weighted by molar-refractivity contribution is -0.248. The Morgan fingerprint density at radius 2 is 1.88 bits per heavy atom. The van der Waals surface area contributed by atoms with Crippen LogP contribution in [0.15, 0.2) is 12.2 Å². The molecular formula is C20H30O4. The zero-order valence-corrected chi connectivity index (χ0v) is 14.9. The maximum Gasteiger partial charge on any atom is 0.336 e. The number of hydrogen-bond acceptors (Lipinski definition) is 4. The van der Waals surface area contributed by atoms with E-state index in [9.17, 15) is 15.0 Å². The van der Waals surface area contributed by atoms with E-state index in [1.165, 1.54) is 0 Å². The summed E-state index contributed by atoms with van der Waals surface area (Å²) in [5.74, 6) is 0.317. The molecule has 134 valence electrons. The smallest absolute Gasteiger partial charge is 0.336 e. The number of carbonyl (C=O) groups is 1. The second-order valence-corrected chi connectivity index (χ2v) is 9.50. The lowest BCUT2D eigenvalue weighted by atomic mass is 9.42. The number of fused-ring (bicyclic) bond motifs is 3. The van der Waals surface area contributed by atoms with Crippen molar-refractivity contribution in [1.82, 2.24) is 0 Å². The highest BCUT2D eigenvalue weighted by atomic mass is 16.6. The summed E-state index contributed by atoms with van der Waals surface area (Å²) in [5, 5.41) is 21.0. The molecule has 3 saturated carbocycles. The number of hydrogen-bond donors (Lipinski definition) is 2. The van der Waals surface area contributed by atoms with E-state index < -0.39 is 17.2 Å². The number of ether oxygens (including phenoxy) is 1. The molecule has 0 aromatic heterocycles. The van der Waals surface area contributed by atoms with Crippen molar-refractivity contribution in [3.8, 4) is 0 Å². The van der Waals surface area contributed by atoms with E-state index in [1.54, 1.807) is 0 Å². The first-order valence-electron chi connectivity index (χ1n) is 9.45. The van der Waals surface area contributed by atoms with Crippen molar-refractivity contribution in [2.75, 3.05) is 6.61 Å². The second-order valence-electron chi connectivity index (χ2n) is 9.50. The predicted molar refractivity (Wildman–Crippen MR) is 90.1 cm³/mol. The van der Waals surface area contributed by atoms with E-state index in [2.05, 4.69) is 20.4 Å². The molecule has 4 aliphatic rings. The molecule has 1 saturated heterocycles. The van der Waals surface area contributed by atoms with Crippen molar-refractivity contribution < 1.29 is 19.7 Å². The Kier molecular flexibility index (Phi) is 3.35. The molecule has 4 fully saturated rings. The summed E-state index contributed by atoms with van der Waals surface area (Å²) in [6, 6.07) is 0. The lowest BCUT2D eigenvalue weighted by Crippen LogP contribution is -2.67. The minimum Gasteiger partial charge on any atom is -0.455 e. The van der Waals surface area contributed by atoms with Gasteiger partial charge in [0.25, 0.3) is 0 Å². The third kappa shape index (κ3) is 1.90. The van der Waals surface area contributed by atoms with Gasteiger partial charge in [0, 0.05) is 18.9 Å². The molecule has 0 radical (unpaired) electrons. The minimum absolute atomic E-state index is 0.0371. The molecule has 24 heavy (non-hydrogen) atoms. The van der Waals surface area contributed by atoms with Gasteiger partial charge in [-0.05, 0) is 55.3 Å². The van der Waals surface area contributed by atoms with E-state index in [0.29, 0.717) is 18.8 Å². The predicted octanol–water partition coefficient (Wildman–Crippen LogP) is 2.97. The van der Waals surface area contributed by atoms with Crippen molar-refractivity contribution >= 4 is 5.97 Å². The van der Waals surface area contributed by atoms with Gasteiger partial charge in [0.1, 0.15) is 5.60 Å². The summed E-state index contributed by atoms with van der Waals surface area (Å²) in [6.45, 7) is 8.60. The normalized spacial score (nSPS) is 53.8. The Labute approximate surface area is 144 Å². The Balaban J connectivity index is 1.75. The monoisotopic (exact) mass is 334 g/mol. The summed E-state index contributed by atoms with van der Waals surface area (Å²) in [4.78, 5) is 12.4. The first kappa shape index (κ1) is 16.6. The molecule has 2 bridgehead atoms. The Hall–Kier alpha value is -0.870. The van der Waals surface area contributed by atoms with Crippen LogP contribution in [0.4, 0.5) is 0 Å². The van der Waals surface area contributed by atoms with Crippen LogP contribution in [0.2, 0.25) is 0 Å². The van der Waals surface area contributed by atoms with E-state index >= 15 is 0 Å². The van der Waals surface area contributed by atoms with Gasteiger partial charge < -0.3 is 14.9 Å². The van der Waals surface area contributed by atoms with Gasteiger partial charge in [0.15, 0.2) is 0 Å². The fourth-order valence-electron chi connectivity index (χ4n) is 7.09. The third-order valence-electron chi connectivity index (χ3n) is 8.29. The van der Waals surface area contributed by atoms with Gasteiger partial charge in [-0.2, -0.15) is 0 Å². The van der Waals surface area contributed by atoms with E-state index in [4.69, 9.17) is 4.74 Å². The minimum atomic E-state index is -1.08. The first-order chi connectivity index (χ1) is 11.2. The van der Waals surface area contributed by atoms with Crippen LogP contribution in [0.1, 0.15) is 65.2 Å². The van der Waals surface area contributed by atoms with Gasteiger partial charge in [-0.25, -0.2) is 4.79 Å². The van der Waals surface area contributed by atoms with E-state index in [0.717, 1.165) is 38.5 Å². The van der Waals surface area contributed by atoms with Crippen molar-refractivity contribution in [3.63, 3.8) is 0 Å². The topological polar surface area (TPSA) is 66.8 Å². The van der Waals surface area contributed by atoms with Crippen LogP contribution in [-0.2, 0) is 9.53 Å². The Bertz CT molecular complexity index is 600. The Morgan fingerprint density at radius 3 is 2.58 bits per heavy atom. The van der Waals surface area contributed by atoms with Crippen LogP contribution in [0.25, 0.3) is 0 Å². The summed E-state index contributed by atoms with van der Waals surface area (Å²) in [5.41, 5.74) is -1.35. The summed E-state index contributed by atoms with van der Waals surface area (Å²) < 4.78 is 5.98. The number of rotatable bonds is 1. The maximum absolute atomic E-state index is 12.4. The molecule has 1 heterocycles. The molecular weight excluding hydrogens is 304 g/mol. The zero-order chi connectivity index (χ0) is 17.4. The highest BCUT2D eigenvalue weighted by Crippen LogP contribution is 2.67. The fourth-order valence-corrected chi connectivity index (χ4v) is 7.09. The number of aliphatic hydroxyl groups is 2. The molecule has 2 N–H and O–H groups in total. The maximum atomic E-state index is 12.4. The molecule has 0 aromatic rings. The Morgan fingerprint density at radius 1 is 1.17 bits per heavy atom. The van der Waals surface area contributed by atoms with Crippen molar-refractivity contribution in [3.05, 3.63) is 12.2 Å². The summed E-state index contributed by atoms with van der Waals surface area (Å²) in [6.07, 6.45) is 7.05. The van der Waals surface area contributed by atoms with Crippen LogP contribution in [0.5, 0.6) is 0 Å². The highest BCUT2D eigenvalue weighted by Gasteiger charge is 2.67. The van der Waals surface area contributed by atoms with Gasteiger partial charge in [-0.1, -0.05) is 26.8 Å². The third-order valence-corrected chi connectivity index (χ3v) is 8.29. The molecule has 0 unspecified atom stereocenters.